The average Bonchev–Trinajstić information content (AvgIpc) is 3.36. The van der Waals surface area contributed by atoms with E-state index in [2.05, 4.69) is 26.3 Å². The summed E-state index contributed by atoms with van der Waals surface area (Å²) in [5, 5.41) is 12.4. The molecular weight excluding hydrogens is 515 g/mol. The Bertz CT molecular complexity index is 1130. The molecule has 2 amide bonds. The number of aliphatic imine (C=N–C) groups is 1. The van der Waals surface area contributed by atoms with Crippen molar-refractivity contribution in [3.05, 3.63) is 64.4 Å². The summed E-state index contributed by atoms with van der Waals surface area (Å²) >= 11 is 7.63. The van der Waals surface area contributed by atoms with Crippen LogP contribution in [0.2, 0.25) is 5.02 Å². The third kappa shape index (κ3) is 7.14. The van der Waals surface area contributed by atoms with Crippen LogP contribution in [0.5, 0.6) is 0 Å². The summed E-state index contributed by atoms with van der Waals surface area (Å²) in [6.45, 7) is 0. The second kappa shape index (κ2) is 12.0. The second-order valence-electron chi connectivity index (χ2n) is 8.65. The van der Waals surface area contributed by atoms with Crippen LogP contribution in [0.15, 0.2) is 41.4 Å². The van der Waals surface area contributed by atoms with Gasteiger partial charge in [0, 0.05) is 40.0 Å². The van der Waals surface area contributed by atoms with E-state index in [1.54, 1.807) is 11.8 Å². The van der Waals surface area contributed by atoms with Gasteiger partial charge >= 0.3 is 0 Å². The number of rotatable bonds is 5. The van der Waals surface area contributed by atoms with Crippen LogP contribution in [0.25, 0.3) is 0 Å². The van der Waals surface area contributed by atoms with Gasteiger partial charge in [-0.15, -0.1) is 11.8 Å². The highest BCUT2D eigenvalue weighted by molar-refractivity contribution is 7.99. The minimum atomic E-state index is -1.16. The van der Waals surface area contributed by atoms with Gasteiger partial charge in [-0.2, -0.15) is 4.99 Å². The first-order valence-corrected chi connectivity index (χ1v) is 13.0. The highest BCUT2D eigenvalue weighted by atomic mass is 35.5. The van der Waals surface area contributed by atoms with E-state index in [1.807, 2.05) is 0 Å². The Kier molecular flexibility index (Phi) is 8.76. The van der Waals surface area contributed by atoms with Crippen LogP contribution in [0, 0.1) is 17.5 Å². The van der Waals surface area contributed by atoms with Crippen LogP contribution in [0.4, 0.5) is 18.9 Å². The second-order valence-corrected chi connectivity index (χ2v) is 10.1. The maximum Gasteiger partial charge on any atom is 0.280 e. The number of hydrogen-bond acceptors (Lipinski definition) is 4. The Morgan fingerprint density at radius 2 is 1.69 bits per heavy atom. The fourth-order valence-electron chi connectivity index (χ4n) is 4.10. The van der Waals surface area contributed by atoms with Crippen LogP contribution >= 0.6 is 23.4 Å². The molecule has 0 radical (unpaired) electrons. The first-order chi connectivity index (χ1) is 17.3. The van der Waals surface area contributed by atoms with Crippen LogP contribution in [-0.4, -0.2) is 47.5 Å². The number of thioether (sulfide) groups is 1. The lowest BCUT2D eigenvalue weighted by atomic mass is 9.91. The van der Waals surface area contributed by atoms with Gasteiger partial charge < -0.3 is 16.0 Å². The summed E-state index contributed by atoms with van der Waals surface area (Å²) in [5.74, 6) is -2.09. The molecule has 1 aliphatic carbocycles. The molecule has 2 aromatic carbocycles. The highest BCUT2D eigenvalue weighted by Crippen LogP contribution is 2.21. The lowest BCUT2D eigenvalue weighted by molar-refractivity contribution is -0.123. The number of nitrogens with one attached hydrogen (secondary N) is 4. The van der Waals surface area contributed by atoms with Crippen molar-refractivity contribution < 1.29 is 22.8 Å². The summed E-state index contributed by atoms with van der Waals surface area (Å²) < 4.78 is 40.7. The number of carbonyl (C=O) groups excluding carboxylic acids is 2. The van der Waals surface area contributed by atoms with Crippen molar-refractivity contribution in [2.24, 2.45) is 4.99 Å². The van der Waals surface area contributed by atoms with Crippen LogP contribution in [0.1, 0.15) is 36.0 Å². The van der Waals surface area contributed by atoms with Gasteiger partial charge in [0.05, 0.1) is 6.04 Å². The Balaban J connectivity index is 1.43. The Hall–Kier alpha value is -2.76. The predicted octanol–water partition coefficient (Wildman–Crippen LogP) is 4.05. The molecule has 0 bridgehead atoms. The third-order valence-corrected chi connectivity index (χ3v) is 7.11. The molecule has 1 heterocycles. The molecule has 1 atom stereocenters. The van der Waals surface area contributed by atoms with E-state index in [0.717, 1.165) is 48.7 Å². The molecule has 2 aromatic rings. The molecule has 4 rings (SSSR count). The third-order valence-electron chi connectivity index (χ3n) is 5.95. The molecule has 2 fully saturated rings. The van der Waals surface area contributed by atoms with Crippen LogP contribution in [0.3, 0.4) is 0 Å². The SMILES string of the molecule is O=C(/N=C(/Nc1cc(F)cc(Cl)c1)NC1CCC(NC(=O)C2CSCN2)CC1)c1ccc(F)c(F)c1. The molecule has 4 N–H and O–H groups in total. The number of anilines is 1. The van der Waals surface area contributed by atoms with E-state index in [0.29, 0.717) is 12.8 Å². The monoisotopic (exact) mass is 539 g/mol. The lowest BCUT2D eigenvalue weighted by Crippen LogP contribution is -2.49. The van der Waals surface area contributed by atoms with Gasteiger partial charge in [0.2, 0.25) is 11.9 Å². The molecular formula is C24H25ClF3N5O2S. The highest BCUT2D eigenvalue weighted by Gasteiger charge is 2.28. The van der Waals surface area contributed by atoms with Crippen molar-refractivity contribution in [1.82, 2.24) is 16.0 Å². The summed E-state index contributed by atoms with van der Waals surface area (Å²) in [5.41, 5.74) is 0.115. The largest absolute Gasteiger partial charge is 0.353 e. The summed E-state index contributed by atoms with van der Waals surface area (Å²) in [6, 6.07) is 6.32. The fraction of sp³-hybridized carbons (Fsp3) is 0.375. The van der Waals surface area contributed by atoms with Crippen molar-refractivity contribution in [3.63, 3.8) is 0 Å². The lowest BCUT2D eigenvalue weighted by Gasteiger charge is -2.31. The summed E-state index contributed by atoms with van der Waals surface area (Å²) in [4.78, 5) is 29.0. The molecule has 2 aliphatic rings. The Morgan fingerprint density at radius 3 is 2.33 bits per heavy atom. The van der Waals surface area contributed by atoms with Gasteiger partial charge in [-0.05, 0) is 62.1 Å². The predicted molar refractivity (Wildman–Crippen MR) is 135 cm³/mol. The quantitative estimate of drug-likeness (QED) is 0.338. The van der Waals surface area contributed by atoms with Crippen LogP contribution < -0.4 is 21.3 Å². The summed E-state index contributed by atoms with van der Waals surface area (Å²) in [6.07, 6.45) is 2.81. The van der Waals surface area contributed by atoms with E-state index in [4.69, 9.17) is 11.6 Å². The molecule has 0 aromatic heterocycles. The number of guanidine groups is 1. The number of benzene rings is 2. The zero-order valence-electron chi connectivity index (χ0n) is 19.1. The van der Waals surface area contributed by atoms with Crippen molar-refractivity contribution in [1.29, 1.82) is 0 Å². The van der Waals surface area contributed by atoms with Gasteiger partial charge in [0.25, 0.3) is 5.91 Å². The van der Waals surface area contributed by atoms with Crippen molar-refractivity contribution in [2.45, 2.75) is 43.8 Å². The molecule has 0 spiro atoms. The molecule has 1 saturated heterocycles. The average molecular weight is 540 g/mol. The Morgan fingerprint density at radius 1 is 0.972 bits per heavy atom. The number of hydrogen-bond donors (Lipinski definition) is 4. The van der Waals surface area contributed by atoms with Gasteiger partial charge in [0.1, 0.15) is 5.82 Å². The van der Waals surface area contributed by atoms with Crippen molar-refractivity contribution >= 4 is 46.8 Å². The van der Waals surface area contributed by atoms with Crippen LogP contribution in [-0.2, 0) is 4.79 Å². The maximum absolute atomic E-state index is 13.8. The van der Waals surface area contributed by atoms with Gasteiger partial charge in [-0.1, -0.05) is 11.6 Å². The first-order valence-electron chi connectivity index (χ1n) is 11.5. The number of nitrogens with zero attached hydrogens (tertiary/aromatic N) is 1. The zero-order chi connectivity index (χ0) is 25.7. The normalized spacial score (nSPS) is 22.2. The van der Waals surface area contributed by atoms with Crippen molar-refractivity contribution in [3.8, 4) is 0 Å². The Labute approximate surface area is 215 Å². The van der Waals surface area contributed by atoms with E-state index in [1.165, 1.54) is 12.1 Å². The minimum absolute atomic E-state index is 0.000405. The molecule has 1 saturated carbocycles. The van der Waals surface area contributed by atoms with E-state index in [-0.39, 0.29) is 46.3 Å². The fourth-order valence-corrected chi connectivity index (χ4v) is 5.26. The molecule has 192 valence electrons. The van der Waals surface area contributed by atoms with E-state index in [9.17, 15) is 22.8 Å². The van der Waals surface area contributed by atoms with E-state index >= 15 is 0 Å². The molecule has 7 nitrogen and oxygen atoms in total. The number of carbonyl (C=O) groups is 2. The molecule has 36 heavy (non-hydrogen) atoms. The van der Waals surface area contributed by atoms with Crippen molar-refractivity contribution in [2.75, 3.05) is 16.9 Å². The summed E-state index contributed by atoms with van der Waals surface area (Å²) in [7, 11) is 0. The number of halogens is 4. The van der Waals surface area contributed by atoms with E-state index < -0.39 is 23.4 Å². The smallest absolute Gasteiger partial charge is 0.280 e. The molecule has 12 heteroatoms. The van der Waals surface area contributed by atoms with Gasteiger partial charge in [-0.25, -0.2) is 13.2 Å². The first kappa shape index (κ1) is 26.3. The maximum atomic E-state index is 13.8. The topological polar surface area (TPSA) is 94.6 Å². The zero-order valence-corrected chi connectivity index (χ0v) is 20.7. The number of amides is 2. The van der Waals surface area contributed by atoms with Gasteiger partial charge in [0.15, 0.2) is 11.6 Å². The minimum Gasteiger partial charge on any atom is -0.353 e. The molecule has 1 aliphatic heterocycles. The van der Waals surface area contributed by atoms with Gasteiger partial charge in [-0.3, -0.25) is 14.9 Å². The standard InChI is InChI=1S/C24H25ClF3N5O2S/c25-14-8-15(26)10-18(9-14)32-24(33-22(34)13-1-6-19(27)20(28)7-13)31-17-4-2-16(3-5-17)30-23(35)21-11-36-12-29-21/h1,6-10,16-17,21,29H,2-5,11-12H2,(H,30,35)(H2,31,32,33,34). The molecule has 1 unspecified atom stereocenters.